The number of aryl methyl sites for hydroxylation is 1. The SMILES string of the molecule is CCNC(c1c(F)ccc(C)c1F)C1Cc2ccccc21. The zero-order chi connectivity index (χ0) is 15.0. The lowest BCUT2D eigenvalue weighted by Crippen LogP contribution is -2.34. The summed E-state index contributed by atoms with van der Waals surface area (Å²) in [7, 11) is 0. The first-order chi connectivity index (χ1) is 10.1. The van der Waals surface area contributed by atoms with Crippen LogP contribution in [0.3, 0.4) is 0 Å². The highest BCUT2D eigenvalue weighted by molar-refractivity contribution is 5.44. The van der Waals surface area contributed by atoms with Crippen molar-refractivity contribution >= 4 is 0 Å². The molecule has 2 aromatic carbocycles. The van der Waals surface area contributed by atoms with Gasteiger partial charge in [0.1, 0.15) is 11.6 Å². The zero-order valence-corrected chi connectivity index (χ0v) is 12.3. The second-order valence-corrected chi connectivity index (χ2v) is 5.64. The molecule has 2 atom stereocenters. The minimum Gasteiger partial charge on any atom is -0.309 e. The quantitative estimate of drug-likeness (QED) is 0.885. The van der Waals surface area contributed by atoms with E-state index < -0.39 is 11.6 Å². The van der Waals surface area contributed by atoms with Crippen LogP contribution in [0.25, 0.3) is 0 Å². The molecule has 1 N–H and O–H groups in total. The summed E-state index contributed by atoms with van der Waals surface area (Å²) >= 11 is 0. The van der Waals surface area contributed by atoms with Crippen LogP contribution in [0.1, 0.15) is 41.1 Å². The van der Waals surface area contributed by atoms with Crippen LogP contribution in [0.5, 0.6) is 0 Å². The Morgan fingerprint density at radius 3 is 2.67 bits per heavy atom. The molecule has 21 heavy (non-hydrogen) atoms. The molecule has 1 aliphatic rings. The predicted molar refractivity (Wildman–Crippen MR) is 80.4 cm³/mol. The molecule has 1 aliphatic carbocycles. The first-order valence-electron chi connectivity index (χ1n) is 7.39. The van der Waals surface area contributed by atoms with E-state index in [1.807, 2.05) is 19.1 Å². The summed E-state index contributed by atoms with van der Waals surface area (Å²) < 4.78 is 28.7. The number of fused-ring (bicyclic) bond motifs is 1. The molecule has 0 fully saturated rings. The van der Waals surface area contributed by atoms with Gasteiger partial charge in [-0.05, 0) is 42.6 Å². The number of nitrogens with one attached hydrogen (secondary N) is 1. The first-order valence-corrected chi connectivity index (χ1v) is 7.39. The third kappa shape index (κ3) is 2.36. The minimum atomic E-state index is -0.464. The fraction of sp³-hybridized carbons (Fsp3) is 0.333. The van der Waals surface area contributed by atoms with Crippen molar-refractivity contribution in [2.45, 2.75) is 32.2 Å². The summed E-state index contributed by atoms with van der Waals surface area (Å²) in [4.78, 5) is 0. The molecule has 0 aliphatic heterocycles. The molecule has 3 heteroatoms. The molecule has 2 unspecified atom stereocenters. The molecular weight excluding hydrogens is 268 g/mol. The standard InChI is InChI=1S/C18H19F2N/c1-3-21-18(14-10-12-6-4-5-7-13(12)14)16-15(19)9-8-11(2)17(16)20/h4-9,14,18,21H,3,10H2,1-2H3. The van der Waals surface area contributed by atoms with Gasteiger partial charge in [0.25, 0.3) is 0 Å². The van der Waals surface area contributed by atoms with Crippen molar-refractivity contribution in [3.05, 3.63) is 70.3 Å². The van der Waals surface area contributed by atoms with Crippen molar-refractivity contribution in [1.82, 2.24) is 5.32 Å². The maximum atomic E-state index is 14.5. The lowest BCUT2D eigenvalue weighted by atomic mass is 9.71. The molecule has 0 aromatic heterocycles. The highest BCUT2D eigenvalue weighted by Crippen LogP contribution is 2.44. The van der Waals surface area contributed by atoms with E-state index in [4.69, 9.17) is 0 Å². The van der Waals surface area contributed by atoms with E-state index in [1.54, 1.807) is 6.92 Å². The summed E-state index contributed by atoms with van der Waals surface area (Å²) in [5, 5.41) is 3.27. The van der Waals surface area contributed by atoms with Crippen molar-refractivity contribution in [2.75, 3.05) is 6.54 Å². The molecule has 3 rings (SSSR count). The highest BCUT2D eigenvalue weighted by atomic mass is 19.1. The van der Waals surface area contributed by atoms with Gasteiger partial charge < -0.3 is 5.32 Å². The Labute approximate surface area is 124 Å². The van der Waals surface area contributed by atoms with Crippen molar-refractivity contribution in [2.24, 2.45) is 0 Å². The van der Waals surface area contributed by atoms with Gasteiger partial charge in [-0.3, -0.25) is 0 Å². The Balaban J connectivity index is 2.03. The van der Waals surface area contributed by atoms with Crippen LogP contribution in [0.15, 0.2) is 36.4 Å². The number of rotatable bonds is 4. The lowest BCUT2D eigenvalue weighted by Gasteiger charge is -2.37. The maximum absolute atomic E-state index is 14.5. The summed E-state index contributed by atoms with van der Waals surface area (Å²) in [6.45, 7) is 4.31. The van der Waals surface area contributed by atoms with Crippen LogP contribution >= 0.6 is 0 Å². The van der Waals surface area contributed by atoms with E-state index in [2.05, 4.69) is 17.4 Å². The van der Waals surface area contributed by atoms with Crippen LogP contribution < -0.4 is 5.32 Å². The third-order valence-corrected chi connectivity index (χ3v) is 4.35. The number of likely N-dealkylation sites (N-methyl/N-ethyl adjacent to an activating group) is 1. The molecule has 0 heterocycles. The Kier molecular flexibility index (Phi) is 3.77. The Bertz CT molecular complexity index is 666. The Morgan fingerprint density at radius 2 is 1.95 bits per heavy atom. The van der Waals surface area contributed by atoms with Crippen LogP contribution in [0, 0.1) is 18.6 Å². The van der Waals surface area contributed by atoms with Gasteiger partial charge >= 0.3 is 0 Å². The van der Waals surface area contributed by atoms with Crippen molar-refractivity contribution in [1.29, 1.82) is 0 Å². The number of benzene rings is 2. The monoisotopic (exact) mass is 287 g/mol. The largest absolute Gasteiger partial charge is 0.309 e. The number of halogens is 2. The van der Waals surface area contributed by atoms with Gasteiger partial charge in [0.05, 0.1) is 0 Å². The Hall–Kier alpha value is -1.74. The van der Waals surface area contributed by atoms with Gasteiger partial charge in [-0.25, -0.2) is 8.78 Å². The van der Waals surface area contributed by atoms with E-state index >= 15 is 0 Å². The van der Waals surface area contributed by atoms with Gasteiger partial charge in [-0.15, -0.1) is 0 Å². The third-order valence-electron chi connectivity index (χ3n) is 4.35. The van der Waals surface area contributed by atoms with E-state index in [0.717, 1.165) is 6.42 Å². The molecule has 2 aromatic rings. The molecule has 0 saturated heterocycles. The molecule has 0 spiro atoms. The normalized spacial score (nSPS) is 18.0. The summed E-state index contributed by atoms with van der Waals surface area (Å²) in [5.74, 6) is -0.759. The Morgan fingerprint density at radius 1 is 1.19 bits per heavy atom. The summed E-state index contributed by atoms with van der Waals surface area (Å²) in [5.41, 5.74) is 3.14. The molecule has 0 bridgehead atoms. The predicted octanol–water partition coefficient (Wildman–Crippen LogP) is 4.26. The van der Waals surface area contributed by atoms with Gasteiger partial charge in [-0.1, -0.05) is 37.3 Å². The van der Waals surface area contributed by atoms with Crippen LogP contribution in [0.4, 0.5) is 8.78 Å². The van der Waals surface area contributed by atoms with Gasteiger partial charge in [-0.2, -0.15) is 0 Å². The average Bonchev–Trinajstić information content (AvgIpc) is 2.45. The summed E-state index contributed by atoms with van der Waals surface area (Å²) in [6, 6.07) is 10.7. The van der Waals surface area contributed by atoms with Gasteiger partial charge in [0.15, 0.2) is 0 Å². The number of hydrogen-bond acceptors (Lipinski definition) is 1. The second-order valence-electron chi connectivity index (χ2n) is 5.64. The second kappa shape index (κ2) is 5.57. The molecule has 0 radical (unpaired) electrons. The maximum Gasteiger partial charge on any atom is 0.133 e. The van der Waals surface area contributed by atoms with Crippen LogP contribution in [-0.4, -0.2) is 6.54 Å². The molecule has 110 valence electrons. The smallest absolute Gasteiger partial charge is 0.133 e. The van der Waals surface area contributed by atoms with E-state index in [1.165, 1.54) is 23.3 Å². The molecule has 0 saturated carbocycles. The lowest BCUT2D eigenvalue weighted by molar-refractivity contribution is 0.387. The van der Waals surface area contributed by atoms with Crippen molar-refractivity contribution < 1.29 is 8.78 Å². The average molecular weight is 287 g/mol. The number of hydrogen-bond donors (Lipinski definition) is 1. The minimum absolute atomic E-state index is 0.131. The highest BCUT2D eigenvalue weighted by Gasteiger charge is 2.36. The van der Waals surface area contributed by atoms with Gasteiger partial charge in [0.2, 0.25) is 0 Å². The van der Waals surface area contributed by atoms with E-state index in [-0.39, 0.29) is 17.5 Å². The van der Waals surface area contributed by atoms with E-state index in [9.17, 15) is 8.78 Å². The molecule has 1 nitrogen and oxygen atoms in total. The van der Waals surface area contributed by atoms with Crippen LogP contribution in [-0.2, 0) is 6.42 Å². The topological polar surface area (TPSA) is 12.0 Å². The molecular formula is C18H19F2N. The molecule has 0 amide bonds. The zero-order valence-electron chi connectivity index (χ0n) is 12.3. The fourth-order valence-electron chi connectivity index (χ4n) is 3.22. The van der Waals surface area contributed by atoms with Crippen molar-refractivity contribution in [3.8, 4) is 0 Å². The van der Waals surface area contributed by atoms with Gasteiger partial charge in [0, 0.05) is 17.5 Å². The summed E-state index contributed by atoms with van der Waals surface area (Å²) in [6.07, 6.45) is 0.862. The van der Waals surface area contributed by atoms with Crippen molar-refractivity contribution in [3.63, 3.8) is 0 Å². The first kappa shape index (κ1) is 14.2. The van der Waals surface area contributed by atoms with E-state index in [0.29, 0.717) is 12.1 Å². The van der Waals surface area contributed by atoms with Crippen LogP contribution in [0.2, 0.25) is 0 Å². The fourth-order valence-corrected chi connectivity index (χ4v) is 3.22.